The molecule has 0 bridgehead atoms. The maximum absolute atomic E-state index is 12.9. The number of carbonyl (C=O) groups excluding carboxylic acids is 3. The van der Waals surface area contributed by atoms with Crippen molar-refractivity contribution in [3.05, 3.63) is 34.9 Å². The number of hydrogen-bond acceptors (Lipinski definition) is 5. The normalized spacial score (nSPS) is 27.1. The van der Waals surface area contributed by atoms with E-state index in [1.807, 2.05) is 12.1 Å². The molecule has 156 valence electrons. The summed E-state index contributed by atoms with van der Waals surface area (Å²) in [5.41, 5.74) is 8.57. The van der Waals surface area contributed by atoms with Gasteiger partial charge in [0.25, 0.3) is 5.91 Å². The Hall–Kier alpha value is -2.25. The smallest absolute Gasteiger partial charge is 0.255 e. The average molecular weight is 399 g/mol. The van der Waals surface area contributed by atoms with Gasteiger partial charge in [-0.2, -0.15) is 0 Å². The number of carbonyl (C=O) groups is 3. The van der Waals surface area contributed by atoms with Crippen LogP contribution in [0.3, 0.4) is 0 Å². The quantitative estimate of drug-likeness (QED) is 0.627. The second-order valence-corrected chi connectivity index (χ2v) is 8.60. The Balaban J connectivity index is 1.37. The topological polar surface area (TPSA) is 105 Å². The van der Waals surface area contributed by atoms with Crippen molar-refractivity contribution in [3.63, 3.8) is 0 Å². The maximum Gasteiger partial charge on any atom is 0.255 e. The molecule has 29 heavy (non-hydrogen) atoms. The second kappa shape index (κ2) is 8.63. The van der Waals surface area contributed by atoms with Gasteiger partial charge in [-0.15, -0.1) is 0 Å². The first kappa shape index (κ1) is 20.0. The molecule has 2 fully saturated rings. The van der Waals surface area contributed by atoms with Crippen LogP contribution in [0.4, 0.5) is 0 Å². The van der Waals surface area contributed by atoms with Crippen LogP contribution >= 0.6 is 0 Å². The minimum atomic E-state index is -0.564. The van der Waals surface area contributed by atoms with Gasteiger partial charge in [0.2, 0.25) is 11.8 Å². The van der Waals surface area contributed by atoms with E-state index < -0.39 is 6.04 Å². The minimum Gasteiger partial charge on any atom is -0.330 e. The standard InChI is InChI=1S/C22H30N4O3/c23-10-14-4-6-15(7-5-14)11-24-12-16-2-1-3-17-18(16)13-26(22(17)29)19-8-9-20(27)25-21(19)28/h1-3,14-15,19,24H,4-13,23H2,(H,25,27,28). The van der Waals surface area contributed by atoms with Crippen molar-refractivity contribution < 1.29 is 14.4 Å². The molecule has 1 aliphatic carbocycles. The van der Waals surface area contributed by atoms with Gasteiger partial charge in [-0.1, -0.05) is 12.1 Å². The summed E-state index contributed by atoms with van der Waals surface area (Å²) >= 11 is 0. The maximum atomic E-state index is 12.9. The van der Waals surface area contributed by atoms with Crippen LogP contribution in [0.1, 0.15) is 60.0 Å². The molecule has 0 radical (unpaired) electrons. The lowest BCUT2D eigenvalue weighted by atomic mass is 9.82. The van der Waals surface area contributed by atoms with E-state index in [0.717, 1.165) is 30.8 Å². The zero-order valence-corrected chi connectivity index (χ0v) is 16.8. The summed E-state index contributed by atoms with van der Waals surface area (Å²) in [6.45, 7) is 2.93. The first-order valence-electron chi connectivity index (χ1n) is 10.7. The third kappa shape index (κ3) is 4.21. The molecule has 1 saturated carbocycles. The lowest BCUT2D eigenvalue weighted by Gasteiger charge is -2.29. The van der Waals surface area contributed by atoms with Gasteiger partial charge in [0.05, 0.1) is 0 Å². The fourth-order valence-electron chi connectivity index (χ4n) is 4.90. The number of hydrogen-bond donors (Lipinski definition) is 3. The van der Waals surface area contributed by atoms with Gasteiger partial charge in [0.15, 0.2) is 0 Å². The first-order chi connectivity index (χ1) is 14.1. The predicted molar refractivity (Wildman–Crippen MR) is 109 cm³/mol. The van der Waals surface area contributed by atoms with E-state index in [2.05, 4.69) is 16.7 Å². The van der Waals surface area contributed by atoms with Crippen LogP contribution < -0.4 is 16.4 Å². The van der Waals surface area contributed by atoms with Crippen LogP contribution in [-0.4, -0.2) is 41.8 Å². The summed E-state index contributed by atoms with van der Waals surface area (Å²) in [5.74, 6) is 0.636. The summed E-state index contributed by atoms with van der Waals surface area (Å²) in [5, 5.41) is 5.93. The van der Waals surface area contributed by atoms with Crippen LogP contribution in [0, 0.1) is 11.8 Å². The minimum absolute atomic E-state index is 0.114. The number of fused-ring (bicyclic) bond motifs is 1. The van der Waals surface area contributed by atoms with E-state index in [0.29, 0.717) is 30.4 Å². The third-order valence-corrected chi connectivity index (χ3v) is 6.73. The van der Waals surface area contributed by atoms with Gasteiger partial charge in [0, 0.05) is 25.1 Å². The van der Waals surface area contributed by atoms with Crippen molar-refractivity contribution in [2.75, 3.05) is 13.1 Å². The molecule has 1 aromatic carbocycles. The number of rotatable bonds is 6. The van der Waals surface area contributed by atoms with E-state index in [-0.39, 0.29) is 24.1 Å². The van der Waals surface area contributed by atoms with Crippen LogP contribution in [0.15, 0.2) is 18.2 Å². The number of nitrogens with one attached hydrogen (secondary N) is 2. The molecule has 0 spiro atoms. The van der Waals surface area contributed by atoms with Gasteiger partial charge in [-0.05, 0) is 74.2 Å². The molecule has 1 atom stereocenters. The number of imide groups is 1. The summed E-state index contributed by atoms with van der Waals surface area (Å²) < 4.78 is 0. The molecule has 4 N–H and O–H groups in total. The van der Waals surface area contributed by atoms with Crippen molar-refractivity contribution in [2.45, 2.75) is 57.7 Å². The van der Waals surface area contributed by atoms with Crippen molar-refractivity contribution in [3.8, 4) is 0 Å². The summed E-state index contributed by atoms with van der Waals surface area (Å²) in [6, 6.07) is 5.24. The molecule has 2 aliphatic heterocycles. The van der Waals surface area contributed by atoms with E-state index in [1.54, 1.807) is 4.90 Å². The van der Waals surface area contributed by atoms with E-state index in [9.17, 15) is 14.4 Å². The van der Waals surface area contributed by atoms with E-state index in [1.165, 1.54) is 25.7 Å². The monoisotopic (exact) mass is 398 g/mol. The van der Waals surface area contributed by atoms with Crippen LogP contribution in [0.2, 0.25) is 0 Å². The molecule has 0 aromatic heterocycles. The molecule has 3 aliphatic rings. The van der Waals surface area contributed by atoms with Crippen LogP contribution in [0.5, 0.6) is 0 Å². The van der Waals surface area contributed by atoms with E-state index >= 15 is 0 Å². The second-order valence-electron chi connectivity index (χ2n) is 8.60. The summed E-state index contributed by atoms with van der Waals surface area (Å²) in [7, 11) is 0. The molecule has 7 heteroatoms. The van der Waals surface area contributed by atoms with Crippen LogP contribution in [-0.2, 0) is 22.7 Å². The molecule has 2 heterocycles. The summed E-state index contributed by atoms with van der Waals surface area (Å²) in [6.07, 6.45) is 5.56. The molecule has 1 aromatic rings. The molecular formula is C22H30N4O3. The number of benzene rings is 1. The summed E-state index contributed by atoms with van der Waals surface area (Å²) in [4.78, 5) is 38.1. The Kier molecular flexibility index (Phi) is 5.96. The number of nitrogens with zero attached hydrogens (tertiary/aromatic N) is 1. The predicted octanol–water partition coefficient (Wildman–Crippen LogP) is 1.30. The van der Waals surface area contributed by atoms with Crippen LogP contribution in [0.25, 0.3) is 0 Å². The highest BCUT2D eigenvalue weighted by atomic mass is 16.2. The highest BCUT2D eigenvalue weighted by Gasteiger charge is 2.39. The van der Waals surface area contributed by atoms with Gasteiger partial charge in [-0.25, -0.2) is 0 Å². The molecule has 3 amide bonds. The van der Waals surface area contributed by atoms with Gasteiger partial charge in [0.1, 0.15) is 6.04 Å². The van der Waals surface area contributed by atoms with Gasteiger partial charge in [-0.3, -0.25) is 19.7 Å². The van der Waals surface area contributed by atoms with Crippen molar-refractivity contribution in [1.29, 1.82) is 0 Å². The fraction of sp³-hybridized carbons (Fsp3) is 0.591. The Morgan fingerprint density at radius 1 is 1.07 bits per heavy atom. The third-order valence-electron chi connectivity index (χ3n) is 6.73. The number of amides is 3. The molecular weight excluding hydrogens is 368 g/mol. The Morgan fingerprint density at radius 2 is 1.83 bits per heavy atom. The lowest BCUT2D eigenvalue weighted by Crippen LogP contribution is -2.52. The highest BCUT2D eigenvalue weighted by molar-refractivity contribution is 6.05. The SMILES string of the molecule is NCC1CCC(CNCc2cccc3c2CN(C2CCC(=O)NC2=O)C3=O)CC1. The molecule has 1 saturated heterocycles. The largest absolute Gasteiger partial charge is 0.330 e. The van der Waals surface area contributed by atoms with Crippen molar-refractivity contribution in [1.82, 2.24) is 15.5 Å². The van der Waals surface area contributed by atoms with Gasteiger partial charge < -0.3 is 16.0 Å². The zero-order chi connectivity index (χ0) is 20.4. The zero-order valence-electron chi connectivity index (χ0n) is 16.8. The Morgan fingerprint density at radius 3 is 2.55 bits per heavy atom. The van der Waals surface area contributed by atoms with Crippen molar-refractivity contribution >= 4 is 17.7 Å². The number of nitrogens with two attached hydrogens (primary N) is 1. The first-order valence-corrected chi connectivity index (χ1v) is 10.7. The highest BCUT2D eigenvalue weighted by Crippen LogP contribution is 2.30. The Labute approximate surface area is 171 Å². The lowest BCUT2D eigenvalue weighted by molar-refractivity contribution is -0.136. The Bertz CT molecular complexity index is 801. The number of piperidine rings is 1. The molecule has 7 nitrogen and oxygen atoms in total. The van der Waals surface area contributed by atoms with Crippen molar-refractivity contribution in [2.24, 2.45) is 17.6 Å². The van der Waals surface area contributed by atoms with E-state index in [4.69, 9.17) is 5.73 Å². The fourth-order valence-corrected chi connectivity index (χ4v) is 4.90. The van der Waals surface area contributed by atoms with Gasteiger partial charge >= 0.3 is 0 Å². The molecule has 1 unspecified atom stereocenters. The average Bonchev–Trinajstić information content (AvgIpc) is 3.06. The molecule has 4 rings (SSSR count).